The third-order valence-electron chi connectivity index (χ3n) is 1.79. The Morgan fingerprint density at radius 3 is 2.50 bits per heavy atom. The monoisotopic (exact) mass is 202 g/mol. The minimum Gasteiger partial charge on any atom is -0.466 e. The summed E-state index contributed by atoms with van der Waals surface area (Å²) in [6.07, 6.45) is 1.21. The van der Waals surface area contributed by atoms with Crippen LogP contribution in [-0.4, -0.2) is 31.6 Å². The van der Waals surface area contributed by atoms with E-state index in [4.69, 9.17) is 9.47 Å². The Labute approximate surface area is 84.6 Å². The number of esters is 1. The van der Waals surface area contributed by atoms with Crippen molar-refractivity contribution in [1.82, 2.24) is 0 Å². The second-order valence-corrected chi connectivity index (χ2v) is 3.28. The van der Waals surface area contributed by atoms with Gasteiger partial charge in [-0.3, -0.25) is 4.79 Å². The molecule has 0 bridgehead atoms. The Bertz CT molecular complexity index is 189. The zero-order valence-electron chi connectivity index (χ0n) is 9.04. The number of hydrogen-bond acceptors (Lipinski definition) is 4. The average Bonchev–Trinajstić information content (AvgIpc) is 2.12. The number of methoxy groups -OCH3 is 1. The van der Waals surface area contributed by atoms with Gasteiger partial charge < -0.3 is 14.3 Å². The van der Waals surface area contributed by atoms with Gasteiger partial charge in [-0.05, 0) is 20.3 Å². The standard InChI is InChI=1S/C10H18O4/c1-8(11)5-4-6-14-10(12)7-9(2)13-3/h9H,4-7H2,1-3H3/t9-/m1/s1. The van der Waals surface area contributed by atoms with E-state index in [1.54, 1.807) is 14.0 Å². The largest absolute Gasteiger partial charge is 0.466 e. The Kier molecular flexibility index (Phi) is 7.02. The quantitative estimate of drug-likeness (QED) is 0.461. The molecule has 0 aliphatic carbocycles. The van der Waals surface area contributed by atoms with Gasteiger partial charge in [0.05, 0.1) is 19.1 Å². The van der Waals surface area contributed by atoms with Crippen molar-refractivity contribution in [3.8, 4) is 0 Å². The molecule has 0 aromatic heterocycles. The van der Waals surface area contributed by atoms with E-state index in [2.05, 4.69) is 0 Å². The van der Waals surface area contributed by atoms with Crippen LogP contribution in [0.2, 0.25) is 0 Å². The normalized spacial score (nSPS) is 12.2. The highest BCUT2D eigenvalue weighted by atomic mass is 16.5. The van der Waals surface area contributed by atoms with Gasteiger partial charge in [0.25, 0.3) is 0 Å². The van der Waals surface area contributed by atoms with E-state index in [1.807, 2.05) is 0 Å². The molecule has 0 amide bonds. The molecule has 0 spiro atoms. The van der Waals surface area contributed by atoms with E-state index in [0.717, 1.165) is 0 Å². The van der Waals surface area contributed by atoms with E-state index in [0.29, 0.717) is 19.4 Å². The summed E-state index contributed by atoms with van der Waals surface area (Å²) < 4.78 is 9.80. The molecule has 0 aliphatic heterocycles. The van der Waals surface area contributed by atoms with Crippen molar-refractivity contribution < 1.29 is 19.1 Å². The predicted molar refractivity (Wildman–Crippen MR) is 52.0 cm³/mol. The lowest BCUT2D eigenvalue weighted by molar-refractivity contribution is -0.146. The van der Waals surface area contributed by atoms with E-state index in [9.17, 15) is 9.59 Å². The lowest BCUT2D eigenvalue weighted by Gasteiger charge is -2.08. The van der Waals surface area contributed by atoms with Crippen LogP contribution >= 0.6 is 0 Å². The van der Waals surface area contributed by atoms with Crippen molar-refractivity contribution >= 4 is 11.8 Å². The first-order valence-electron chi connectivity index (χ1n) is 4.74. The van der Waals surface area contributed by atoms with Crippen LogP contribution < -0.4 is 0 Å². The molecule has 0 fully saturated rings. The molecule has 1 atom stereocenters. The number of carbonyl (C=O) groups excluding carboxylic acids is 2. The molecule has 0 saturated heterocycles. The summed E-state index contributed by atoms with van der Waals surface area (Å²) in [4.78, 5) is 21.6. The highest BCUT2D eigenvalue weighted by molar-refractivity contribution is 5.75. The van der Waals surface area contributed by atoms with Crippen LogP contribution in [0.25, 0.3) is 0 Å². The molecule has 4 heteroatoms. The van der Waals surface area contributed by atoms with Crippen LogP contribution in [-0.2, 0) is 19.1 Å². The molecule has 0 aromatic rings. The van der Waals surface area contributed by atoms with Gasteiger partial charge in [0.2, 0.25) is 0 Å². The van der Waals surface area contributed by atoms with Crippen molar-refractivity contribution in [2.45, 2.75) is 39.2 Å². The van der Waals surface area contributed by atoms with Crippen molar-refractivity contribution in [1.29, 1.82) is 0 Å². The molecule has 0 aromatic carbocycles. The van der Waals surface area contributed by atoms with E-state index >= 15 is 0 Å². The maximum Gasteiger partial charge on any atom is 0.308 e. The Morgan fingerprint density at radius 1 is 1.36 bits per heavy atom. The highest BCUT2D eigenvalue weighted by Gasteiger charge is 2.08. The zero-order chi connectivity index (χ0) is 11.0. The first kappa shape index (κ1) is 13.1. The minimum atomic E-state index is -0.275. The number of ether oxygens (including phenoxy) is 2. The fourth-order valence-electron chi connectivity index (χ4n) is 0.884. The van der Waals surface area contributed by atoms with Crippen molar-refractivity contribution in [2.24, 2.45) is 0 Å². The predicted octanol–water partition coefficient (Wildman–Crippen LogP) is 1.32. The van der Waals surface area contributed by atoms with Gasteiger partial charge in [-0.1, -0.05) is 0 Å². The first-order chi connectivity index (χ1) is 6.56. The molecule has 14 heavy (non-hydrogen) atoms. The molecule has 0 saturated carbocycles. The Hall–Kier alpha value is -0.900. The molecule has 4 nitrogen and oxygen atoms in total. The molecule has 0 heterocycles. The fraction of sp³-hybridized carbons (Fsp3) is 0.800. The summed E-state index contributed by atoms with van der Waals surface area (Å²) >= 11 is 0. The molecule has 0 radical (unpaired) electrons. The van der Waals surface area contributed by atoms with Crippen LogP contribution in [0.4, 0.5) is 0 Å². The van der Waals surface area contributed by atoms with Gasteiger partial charge in [-0.15, -0.1) is 0 Å². The highest BCUT2D eigenvalue weighted by Crippen LogP contribution is 1.99. The maximum absolute atomic E-state index is 11.1. The summed E-state index contributed by atoms with van der Waals surface area (Å²) in [7, 11) is 1.55. The Morgan fingerprint density at radius 2 is 2.00 bits per heavy atom. The van der Waals surface area contributed by atoms with Crippen molar-refractivity contribution in [2.75, 3.05) is 13.7 Å². The lowest BCUT2D eigenvalue weighted by atomic mass is 10.2. The third kappa shape index (κ3) is 7.73. The minimum absolute atomic E-state index is 0.115. The van der Waals surface area contributed by atoms with Gasteiger partial charge in [-0.25, -0.2) is 0 Å². The van der Waals surface area contributed by atoms with Crippen LogP contribution in [0.1, 0.15) is 33.1 Å². The lowest BCUT2D eigenvalue weighted by Crippen LogP contribution is -2.15. The van der Waals surface area contributed by atoms with Gasteiger partial charge in [0.15, 0.2) is 0 Å². The summed E-state index contributed by atoms with van der Waals surface area (Å²) in [6, 6.07) is 0. The smallest absolute Gasteiger partial charge is 0.308 e. The number of carbonyl (C=O) groups is 2. The van der Waals surface area contributed by atoms with Gasteiger partial charge in [0.1, 0.15) is 5.78 Å². The molecule has 0 rings (SSSR count). The zero-order valence-corrected chi connectivity index (χ0v) is 9.04. The number of hydrogen-bond donors (Lipinski definition) is 0. The van der Waals surface area contributed by atoms with Crippen LogP contribution in [0.5, 0.6) is 0 Å². The number of rotatable bonds is 7. The van der Waals surface area contributed by atoms with Gasteiger partial charge >= 0.3 is 5.97 Å². The third-order valence-corrected chi connectivity index (χ3v) is 1.79. The van der Waals surface area contributed by atoms with Crippen LogP contribution in [0, 0.1) is 0 Å². The number of Topliss-reactive ketones (excluding diaryl/α,β-unsaturated/α-hetero) is 1. The SMILES string of the molecule is CO[C@H](C)CC(=O)OCCCC(C)=O. The van der Waals surface area contributed by atoms with E-state index < -0.39 is 0 Å². The van der Waals surface area contributed by atoms with Gasteiger partial charge in [-0.2, -0.15) is 0 Å². The van der Waals surface area contributed by atoms with Crippen molar-refractivity contribution in [3.63, 3.8) is 0 Å². The second-order valence-electron chi connectivity index (χ2n) is 3.28. The van der Waals surface area contributed by atoms with Crippen LogP contribution in [0.15, 0.2) is 0 Å². The molecule has 0 aliphatic rings. The van der Waals surface area contributed by atoms with Gasteiger partial charge in [0, 0.05) is 13.5 Å². The topological polar surface area (TPSA) is 52.6 Å². The second kappa shape index (κ2) is 7.50. The average molecular weight is 202 g/mol. The van der Waals surface area contributed by atoms with E-state index in [-0.39, 0.29) is 24.3 Å². The molecule has 82 valence electrons. The molecule has 0 unspecified atom stereocenters. The van der Waals surface area contributed by atoms with Crippen LogP contribution in [0.3, 0.4) is 0 Å². The molecule has 0 N–H and O–H groups in total. The molecular formula is C10H18O4. The maximum atomic E-state index is 11.1. The molecular weight excluding hydrogens is 184 g/mol. The summed E-state index contributed by atoms with van der Waals surface area (Å²) in [5.74, 6) is -0.158. The number of ketones is 1. The fourth-order valence-corrected chi connectivity index (χ4v) is 0.884. The first-order valence-corrected chi connectivity index (χ1v) is 4.74. The summed E-state index contributed by atoms with van der Waals surface area (Å²) in [5, 5.41) is 0. The Balaban J connectivity index is 3.40. The summed E-state index contributed by atoms with van der Waals surface area (Å²) in [5.41, 5.74) is 0. The van der Waals surface area contributed by atoms with Crippen molar-refractivity contribution in [3.05, 3.63) is 0 Å². The summed E-state index contributed by atoms with van der Waals surface area (Å²) in [6.45, 7) is 3.64. The van der Waals surface area contributed by atoms with E-state index in [1.165, 1.54) is 6.92 Å².